The van der Waals surface area contributed by atoms with Crippen LogP contribution >= 0.6 is 0 Å². The van der Waals surface area contributed by atoms with Crippen LogP contribution in [0.5, 0.6) is 0 Å². The summed E-state index contributed by atoms with van der Waals surface area (Å²) in [5.74, 6) is 0. The SMILES string of the molecule is CCCNC1CCCN(c2ccccc2)C1. The second kappa shape index (κ2) is 5.90. The van der Waals surface area contributed by atoms with Gasteiger partial charge in [0, 0.05) is 24.8 Å². The average molecular weight is 218 g/mol. The van der Waals surface area contributed by atoms with Crippen LogP contribution in [0.2, 0.25) is 0 Å². The molecule has 1 saturated heterocycles. The summed E-state index contributed by atoms with van der Waals surface area (Å²) in [6, 6.07) is 11.4. The number of benzene rings is 1. The summed E-state index contributed by atoms with van der Waals surface area (Å²) in [4.78, 5) is 2.50. The van der Waals surface area contributed by atoms with Crippen molar-refractivity contribution in [3.05, 3.63) is 30.3 Å². The van der Waals surface area contributed by atoms with Gasteiger partial charge in [0.25, 0.3) is 0 Å². The van der Waals surface area contributed by atoms with Crippen LogP contribution in [-0.2, 0) is 0 Å². The third kappa shape index (κ3) is 2.99. The van der Waals surface area contributed by atoms with E-state index >= 15 is 0 Å². The van der Waals surface area contributed by atoms with E-state index in [1.807, 2.05) is 0 Å². The molecule has 1 fully saturated rings. The van der Waals surface area contributed by atoms with E-state index in [9.17, 15) is 0 Å². The highest BCUT2D eigenvalue weighted by Gasteiger charge is 2.18. The van der Waals surface area contributed by atoms with Crippen molar-refractivity contribution >= 4 is 5.69 Å². The Morgan fingerprint density at radius 1 is 1.31 bits per heavy atom. The van der Waals surface area contributed by atoms with E-state index in [-0.39, 0.29) is 0 Å². The largest absolute Gasteiger partial charge is 0.370 e. The molecule has 0 bridgehead atoms. The summed E-state index contributed by atoms with van der Waals surface area (Å²) < 4.78 is 0. The zero-order valence-electron chi connectivity index (χ0n) is 10.2. The number of nitrogens with one attached hydrogen (secondary N) is 1. The van der Waals surface area contributed by atoms with Crippen molar-refractivity contribution < 1.29 is 0 Å². The Hall–Kier alpha value is -1.02. The van der Waals surface area contributed by atoms with Crippen molar-refractivity contribution in [3.63, 3.8) is 0 Å². The van der Waals surface area contributed by atoms with Gasteiger partial charge in [0.05, 0.1) is 0 Å². The summed E-state index contributed by atoms with van der Waals surface area (Å²) in [6.07, 6.45) is 3.85. The number of nitrogens with zero attached hydrogens (tertiary/aromatic N) is 1. The van der Waals surface area contributed by atoms with Crippen molar-refractivity contribution in [3.8, 4) is 0 Å². The van der Waals surface area contributed by atoms with Crippen LogP contribution in [0.4, 0.5) is 5.69 Å². The molecular formula is C14H22N2. The molecule has 2 rings (SSSR count). The highest BCUT2D eigenvalue weighted by molar-refractivity contribution is 5.46. The maximum atomic E-state index is 3.63. The fraction of sp³-hybridized carbons (Fsp3) is 0.571. The first-order valence-corrected chi connectivity index (χ1v) is 6.43. The molecule has 1 atom stereocenters. The summed E-state index contributed by atoms with van der Waals surface area (Å²) in [7, 11) is 0. The first-order chi connectivity index (χ1) is 7.90. The highest BCUT2D eigenvalue weighted by Crippen LogP contribution is 2.19. The van der Waals surface area contributed by atoms with Crippen molar-refractivity contribution in [2.75, 3.05) is 24.5 Å². The number of hydrogen-bond donors (Lipinski definition) is 1. The van der Waals surface area contributed by atoms with Crippen LogP contribution < -0.4 is 10.2 Å². The molecule has 1 aliphatic rings. The first kappa shape index (κ1) is 11.5. The average Bonchev–Trinajstić information content (AvgIpc) is 2.38. The van der Waals surface area contributed by atoms with Crippen molar-refractivity contribution in [1.82, 2.24) is 5.32 Å². The lowest BCUT2D eigenvalue weighted by atomic mass is 10.0. The summed E-state index contributed by atoms with van der Waals surface area (Å²) in [5.41, 5.74) is 1.37. The van der Waals surface area contributed by atoms with E-state index in [1.54, 1.807) is 0 Å². The number of rotatable bonds is 4. The second-order valence-corrected chi connectivity index (χ2v) is 4.57. The normalized spacial score (nSPS) is 21.1. The quantitative estimate of drug-likeness (QED) is 0.836. The number of anilines is 1. The van der Waals surface area contributed by atoms with Crippen molar-refractivity contribution in [2.24, 2.45) is 0 Å². The molecule has 0 saturated carbocycles. The van der Waals surface area contributed by atoms with E-state index < -0.39 is 0 Å². The van der Waals surface area contributed by atoms with Gasteiger partial charge in [-0.3, -0.25) is 0 Å². The third-order valence-electron chi connectivity index (χ3n) is 3.23. The summed E-state index contributed by atoms with van der Waals surface area (Å²) in [6.45, 7) is 5.73. The van der Waals surface area contributed by atoms with Crippen molar-refractivity contribution in [1.29, 1.82) is 0 Å². The molecule has 16 heavy (non-hydrogen) atoms. The highest BCUT2D eigenvalue weighted by atomic mass is 15.2. The van der Waals surface area contributed by atoms with Gasteiger partial charge >= 0.3 is 0 Å². The minimum Gasteiger partial charge on any atom is -0.370 e. The zero-order chi connectivity index (χ0) is 11.2. The molecule has 1 aromatic carbocycles. The first-order valence-electron chi connectivity index (χ1n) is 6.43. The Morgan fingerprint density at radius 3 is 2.88 bits per heavy atom. The molecule has 0 amide bonds. The van der Waals surface area contributed by atoms with Gasteiger partial charge in [-0.15, -0.1) is 0 Å². The Balaban J connectivity index is 1.91. The molecule has 1 aromatic rings. The molecule has 1 heterocycles. The fourth-order valence-corrected chi connectivity index (χ4v) is 2.37. The maximum absolute atomic E-state index is 3.63. The number of piperidine rings is 1. The van der Waals surface area contributed by atoms with Gasteiger partial charge in [-0.2, -0.15) is 0 Å². The van der Waals surface area contributed by atoms with E-state index in [0.29, 0.717) is 6.04 Å². The minimum atomic E-state index is 0.675. The van der Waals surface area contributed by atoms with E-state index in [4.69, 9.17) is 0 Å². The zero-order valence-corrected chi connectivity index (χ0v) is 10.2. The molecule has 2 heteroatoms. The van der Waals surface area contributed by atoms with Crippen LogP contribution in [0.3, 0.4) is 0 Å². The Morgan fingerprint density at radius 2 is 2.12 bits per heavy atom. The maximum Gasteiger partial charge on any atom is 0.0366 e. The molecule has 1 aliphatic heterocycles. The lowest BCUT2D eigenvalue weighted by molar-refractivity contribution is 0.423. The molecule has 88 valence electrons. The van der Waals surface area contributed by atoms with Gasteiger partial charge in [0.15, 0.2) is 0 Å². The molecule has 0 radical (unpaired) electrons. The summed E-state index contributed by atoms with van der Waals surface area (Å²) >= 11 is 0. The van der Waals surface area contributed by atoms with Crippen LogP contribution in [0.15, 0.2) is 30.3 Å². The molecule has 0 spiro atoms. The lowest BCUT2D eigenvalue weighted by Gasteiger charge is -2.34. The molecule has 0 aliphatic carbocycles. The van der Waals surface area contributed by atoms with Crippen LogP contribution in [-0.4, -0.2) is 25.7 Å². The number of para-hydroxylation sites is 1. The standard InChI is InChI=1S/C14H22N2/c1-2-10-15-13-7-6-11-16(12-13)14-8-4-3-5-9-14/h3-5,8-9,13,15H,2,6-7,10-12H2,1H3. The van der Waals surface area contributed by atoms with Crippen LogP contribution in [0.25, 0.3) is 0 Å². The van der Waals surface area contributed by atoms with Gasteiger partial charge < -0.3 is 10.2 Å². The third-order valence-corrected chi connectivity index (χ3v) is 3.23. The van der Waals surface area contributed by atoms with Crippen molar-refractivity contribution in [2.45, 2.75) is 32.2 Å². The van der Waals surface area contributed by atoms with Crippen LogP contribution in [0.1, 0.15) is 26.2 Å². The minimum absolute atomic E-state index is 0.675. The molecular weight excluding hydrogens is 196 g/mol. The van der Waals surface area contributed by atoms with Gasteiger partial charge in [-0.25, -0.2) is 0 Å². The van der Waals surface area contributed by atoms with E-state index in [1.165, 1.54) is 31.5 Å². The van der Waals surface area contributed by atoms with E-state index in [2.05, 4.69) is 47.5 Å². The molecule has 1 unspecified atom stereocenters. The Kier molecular flexibility index (Phi) is 4.23. The second-order valence-electron chi connectivity index (χ2n) is 4.57. The fourth-order valence-electron chi connectivity index (χ4n) is 2.37. The van der Waals surface area contributed by atoms with Gasteiger partial charge in [-0.1, -0.05) is 25.1 Å². The monoisotopic (exact) mass is 218 g/mol. The molecule has 1 N–H and O–H groups in total. The number of hydrogen-bond acceptors (Lipinski definition) is 2. The predicted octanol–water partition coefficient (Wildman–Crippen LogP) is 2.66. The molecule has 0 aromatic heterocycles. The molecule has 2 nitrogen and oxygen atoms in total. The van der Waals surface area contributed by atoms with Gasteiger partial charge in [0.1, 0.15) is 0 Å². The smallest absolute Gasteiger partial charge is 0.0366 e. The van der Waals surface area contributed by atoms with Gasteiger partial charge in [0.2, 0.25) is 0 Å². The topological polar surface area (TPSA) is 15.3 Å². The van der Waals surface area contributed by atoms with Crippen LogP contribution in [0, 0.1) is 0 Å². The Labute approximate surface area is 98.7 Å². The predicted molar refractivity (Wildman–Crippen MR) is 70.0 cm³/mol. The summed E-state index contributed by atoms with van der Waals surface area (Å²) in [5, 5.41) is 3.63. The lowest BCUT2D eigenvalue weighted by Crippen LogP contribution is -2.46. The van der Waals surface area contributed by atoms with Gasteiger partial charge in [-0.05, 0) is 37.9 Å². The van der Waals surface area contributed by atoms with E-state index in [0.717, 1.165) is 13.1 Å². The Bertz CT molecular complexity index is 297.